The van der Waals surface area contributed by atoms with Crippen LogP contribution in [0.15, 0.2) is 24.3 Å². The molecule has 0 radical (unpaired) electrons. The molecule has 0 heterocycles. The van der Waals surface area contributed by atoms with Crippen molar-refractivity contribution in [1.29, 1.82) is 0 Å². The van der Waals surface area contributed by atoms with Crippen molar-refractivity contribution in [2.45, 2.75) is 31.9 Å². The molecule has 5 heteroatoms. The number of aliphatic carboxylic acids is 1. The lowest BCUT2D eigenvalue weighted by Crippen LogP contribution is -2.35. The van der Waals surface area contributed by atoms with Crippen LogP contribution in [0.5, 0.6) is 0 Å². The first-order valence-electron chi connectivity index (χ1n) is 6.86. The summed E-state index contributed by atoms with van der Waals surface area (Å²) in [5.41, 5.74) is 1.86. The van der Waals surface area contributed by atoms with E-state index >= 15 is 0 Å². The molecule has 112 valence electrons. The van der Waals surface area contributed by atoms with E-state index in [1.54, 1.807) is 0 Å². The Morgan fingerprint density at radius 3 is 2.35 bits per heavy atom. The fourth-order valence-corrected chi connectivity index (χ4v) is 2.11. The van der Waals surface area contributed by atoms with E-state index in [9.17, 15) is 9.90 Å². The van der Waals surface area contributed by atoms with Crippen molar-refractivity contribution in [3.05, 3.63) is 29.8 Å². The van der Waals surface area contributed by atoms with Gasteiger partial charge >= 0.3 is 5.97 Å². The quantitative estimate of drug-likeness (QED) is 0.675. The molecule has 0 amide bonds. The highest BCUT2D eigenvalue weighted by molar-refractivity contribution is 5.66. The number of anilines is 1. The van der Waals surface area contributed by atoms with Gasteiger partial charge in [0.25, 0.3) is 0 Å². The molecule has 0 aliphatic carbocycles. The van der Waals surface area contributed by atoms with Gasteiger partial charge < -0.3 is 20.4 Å². The van der Waals surface area contributed by atoms with Crippen molar-refractivity contribution >= 4 is 11.7 Å². The Labute approximate surface area is 120 Å². The number of nitrogens with one attached hydrogen (secondary N) is 1. The maximum absolute atomic E-state index is 10.7. The second-order valence-corrected chi connectivity index (χ2v) is 5.03. The number of likely N-dealkylation sites (N-methyl/N-ethyl adjacent to an activating group) is 1. The molecule has 1 aromatic carbocycles. The molecule has 0 aliphatic heterocycles. The van der Waals surface area contributed by atoms with Gasteiger partial charge in [0, 0.05) is 32.2 Å². The van der Waals surface area contributed by atoms with Crippen LogP contribution in [0.4, 0.5) is 5.69 Å². The molecule has 0 aromatic heterocycles. The minimum absolute atomic E-state index is 0.0461. The van der Waals surface area contributed by atoms with Crippen LogP contribution in [0.25, 0.3) is 0 Å². The lowest BCUT2D eigenvalue weighted by molar-refractivity contribution is -0.137. The van der Waals surface area contributed by atoms with E-state index in [2.05, 4.69) is 5.32 Å². The molecule has 5 nitrogen and oxygen atoms in total. The lowest BCUT2D eigenvalue weighted by atomic mass is 9.98. The average Bonchev–Trinajstić information content (AvgIpc) is 2.42. The monoisotopic (exact) mass is 280 g/mol. The maximum atomic E-state index is 10.7. The maximum Gasteiger partial charge on any atom is 0.303 e. The number of hydrogen-bond donors (Lipinski definition) is 3. The van der Waals surface area contributed by atoms with Gasteiger partial charge in [0.2, 0.25) is 0 Å². The van der Waals surface area contributed by atoms with Crippen molar-refractivity contribution in [2.75, 3.05) is 25.5 Å². The van der Waals surface area contributed by atoms with Gasteiger partial charge in [0.15, 0.2) is 0 Å². The third-order valence-electron chi connectivity index (χ3n) is 3.27. The summed E-state index contributed by atoms with van der Waals surface area (Å²) in [5.74, 6) is -0.844. The molecule has 1 aromatic rings. The average molecular weight is 280 g/mol. The Bertz CT molecular complexity index is 418. The SMILES string of the molecule is CCNC(CCC(=O)O)C(O)c1ccc(N(C)C)cc1. The summed E-state index contributed by atoms with van der Waals surface area (Å²) >= 11 is 0. The van der Waals surface area contributed by atoms with Gasteiger partial charge in [-0.05, 0) is 30.7 Å². The fraction of sp³-hybridized carbons (Fsp3) is 0.533. The first-order valence-corrected chi connectivity index (χ1v) is 6.86. The largest absolute Gasteiger partial charge is 0.481 e. The van der Waals surface area contributed by atoms with Gasteiger partial charge in [-0.2, -0.15) is 0 Å². The topological polar surface area (TPSA) is 72.8 Å². The molecule has 0 fully saturated rings. The summed E-state index contributed by atoms with van der Waals surface area (Å²) in [6, 6.07) is 7.40. The highest BCUT2D eigenvalue weighted by atomic mass is 16.4. The van der Waals surface area contributed by atoms with Gasteiger partial charge in [0.05, 0.1) is 6.10 Å². The molecule has 2 atom stereocenters. The Balaban J connectivity index is 2.76. The van der Waals surface area contributed by atoms with Crippen LogP contribution in [-0.2, 0) is 4.79 Å². The van der Waals surface area contributed by atoms with Gasteiger partial charge in [0.1, 0.15) is 0 Å². The van der Waals surface area contributed by atoms with Crippen molar-refractivity contribution < 1.29 is 15.0 Å². The van der Waals surface area contributed by atoms with Gasteiger partial charge in [-0.25, -0.2) is 0 Å². The van der Waals surface area contributed by atoms with Gasteiger partial charge in [-0.15, -0.1) is 0 Å². The van der Waals surface area contributed by atoms with Crippen molar-refractivity contribution in [3.63, 3.8) is 0 Å². The van der Waals surface area contributed by atoms with E-state index in [0.717, 1.165) is 11.3 Å². The minimum Gasteiger partial charge on any atom is -0.481 e. The van der Waals surface area contributed by atoms with E-state index in [1.807, 2.05) is 50.2 Å². The molecular weight excluding hydrogens is 256 g/mol. The standard InChI is InChI=1S/C15H24N2O3/c1-4-16-13(9-10-14(18)19)15(20)11-5-7-12(8-6-11)17(2)3/h5-8,13,15-16,20H,4,9-10H2,1-3H3,(H,18,19). The van der Waals surface area contributed by atoms with Crippen LogP contribution in [0.1, 0.15) is 31.4 Å². The number of nitrogens with zero attached hydrogens (tertiary/aromatic N) is 1. The van der Waals surface area contributed by atoms with Crippen LogP contribution in [0.3, 0.4) is 0 Å². The van der Waals surface area contributed by atoms with Crippen molar-refractivity contribution in [2.24, 2.45) is 0 Å². The zero-order valence-corrected chi connectivity index (χ0v) is 12.3. The minimum atomic E-state index is -0.844. The normalized spacial score (nSPS) is 13.8. The van der Waals surface area contributed by atoms with Crippen LogP contribution in [-0.4, -0.2) is 42.9 Å². The predicted octanol–water partition coefficient (Wildman–Crippen LogP) is 1.63. The third kappa shape index (κ3) is 4.83. The Kier molecular flexibility index (Phi) is 6.48. The number of carbonyl (C=O) groups is 1. The van der Waals surface area contributed by atoms with Crippen molar-refractivity contribution in [3.8, 4) is 0 Å². The zero-order valence-electron chi connectivity index (χ0n) is 12.3. The van der Waals surface area contributed by atoms with Crippen LogP contribution in [0.2, 0.25) is 0 Å². The number of aliphatic hydroxyl groups excluding tert-OH is 1. The molecule has 0 spiro atoms. The summed E-state index contributed by atoms with van der Waals surface area (Å²) < 4.78 is 0. The summed E-state index contributed by atoms with van der Waals surface area (Å²) in [6.07, 6.45) is -0.255. The number of carboxylic acid groups (broad SMARTS) is 1. The summed E-state index contributed by atoms with van der Waals surface area (Å²) in [5, 5.41) is 22.3. The molecule has 1 rings (SSSR count). The molecule has 20 heavy (non-hydrogen) atoms. The number of aliphatic hydroxyl groups is 1. The molecule has 2 unspecified atom stereocenters. The van der Waals surface area contributed by atoms with Gasteiger partial charge in [-0.3, -0.25) is 4.79 Å². The smallest absolute Gasteiger partial charge is 0.303 e. The molecule has 0 bridgehead atoms. The molecule has 0 aliphatic rings. The molecular formula is C15H24N2O3. The second kappa shape index (κ2) is 7.87. The van der Waals surface area contributed by atoms with E-state index in [4.69, 9.17) is 5.11 Å². The summed E-state index contributed by atoms with van der Waals surface area (Å²) in [6.45, 7) is 2.63. The molecule has 0 saturated heterocycles. The Morgan fingerprint density at radius 1 is 1.30 bits per heavy atom. The van der Waals surface area contributed by atoms with E-state index < -0.39 is 12.1 Å². The molecule has 3 N–H and O–H groups in total. The Hall–Kier alpha value is -1.59. The summed E-state index contributed by atoms with van der Waals surface area (Å²) in [7, 11) is 3.92. The number of rotatable bonds is 8. The van der Waals surface area contributed by atoms with Crippen LogP contribution < -0.4 is 10.2 Å². The van der Waals surface area contributed by atoms with Crippen molar-refractivity contribution in [1.82, 2.24) is 5.32 Å². The second-order valence-electron chi connectivity index (χ2n) is 5.03. The molecule has 0 saturated carbocycles. The van der Waals surface area contributed by atoms with Crippen LogP contribution in [0, 0.1) is 0 Å². The Morgan fingerprint density at radius 2 is 1.90 bits per heavy atom. The number of hydrogen-bond acceptors (Lipinski definition) is 4. The van der Waals surface area contributed by atoms with Gasteiger partial charge in [-0.1, -0.05) is 19.1 Å². The highest BCUT2D eigenvalue weighted by Gasteiger charge is 2.20. The first kappa shape index (κ1) is 16.5. The fourth-order valence-electron chi connectivity index (χ4n) is 2.11. The summed E-state index contributed by atoms with van der Waals surface area (Å²) in [4.78, 5) is 12.7. The third-order valence-corrected chi connectivity index (χ3v) is 3.27. The van der Waals surface area contributed by atoms with E-state index in [-0.39, 0.29) is 12.5 Å². The van der Waals surface area contributed by atoms with Crippen LogP contribution >= 0.6 is 0 Å². The van der Waals surface area contributed by atoms with E-state index in [0.29, 0.717) is 13.0 Å². The number of benzene rings is 1. The first-order chi connectivity index (χ1) is 9.45. The van der Waals surface area contributed by atoms with E-state index in [1.165, 1.54) is 0 Å². The lowest BCUT2D eigenvalue weighted by Gasteiger charge is -2.24. The predicted molar refractivity (Wildman–Crippen MR) is 80.1 cm³/mol. The highest BCUT2D eigenvalue weighted by Crippen LogP contribution is 2.22. The number of carboxylic acids is 1. The zero-order chi connectivity index (χ0) is 15.1.